The second-order valence-corrected chi connectivity index (χ2v) is 11.5. The number of carbonyl (C=O) groups excluding carboxylic acids is 1. The normalized spacial score (nSPS) is 11.3. The number of aryl methyl sites for hydroxylation is 3. The van der Waals surface area contributed by atoms with Crippen molar-refractivity contribution in [3.05, 3.63) is 71.4 Å². The number of H-pyrrole nitrogens is 1. The molecule has 0 saturated heterocycles. The zero-order chi connectivity index (χ0) is 37.1. The third-order valence-corrected chi connectivity index (χ3v) is 7.22. The van der Waals surface area contributed by atoms with Crippen LogP contribution in [0.25, 0.3) is 10.9 Å². The lowest BCUT2D eigenvalue weighted by atomic mass is 10.1. The molecule has 0 radical (unpaired) electrons. The number of aliphatic hydroxyl groups is 1. The van der Waals surface area contributed by atoms with Crippen LogP contribution in [0.15, 0.2) is 48.5 Å². The van der Waals surface area contributed by atoms with Crippen LogP contribution in [0.1, 0.15) is 103 Å². The van der Waals surface area contributed by atoms with Gasteiger partial charge in [0.15, 0.2) is 5.75 Å². The molecule has 0 atom stereocenters. The zero-order valence-electron chi connectivity index (χ0n) is 32.1. The van der Waals surface area contributed by atoms with Gasteiger partial charge in [0.1, 0.15) is 11.6 Å². The molecule has 1 amide bonds. The fraction of sp³-hybridized carbons (Fsp3) is 0.550. The summed E-state index contributed by atoms with van der Waals surface area (Å²) in [5.41, 5.74) is 4.95. The monoisotopic (exact) mass is 693 g/mol. The lowest BCUT2D eigenvalue weighted by molar-refractivity contribution is -0.117. The molecule has 3 N–H and O–H groups in total. The van der Waals surface area contributed by atoms with E-state index in [1.165, 1.54) is 11.1 Å². The van der Waals surface area contributed by atoms with Crippen molar-refractivity contribution in [1.29, 1.82) is 0 Å². The van der Waals surface area contributed by atoms with Crippen LogP contribution in [0.4, 0.5) is 5.69 Å². The summed E-state index contributed by atoms with van der Waals surface area (Å²) in [6.45, 7) is 16.4. The van der Waals surface area contributed by atoms with Crippen molar-refractivity contribution in [2.45, 2.75) is 106 Å². The van der Waals surface area contributed by atoms with E-state index in [-0.39, 0.29) is 18.4 Å². The molecule has 50 heavy (non-hydrogen) atoms. The first kappa shape index (κ1) is 44.0. The lowest BCUT2D eigenvalue weighted by Gasteiger charge is -2.11. The topological polar surface area (TPSA) is 131 Å². The van der Waals surface area contributed by atoms with Gasteiger partial charge in [-0.1, -0.05) is 72.6 Å². The van der Waals surface area contributed by atoms with Crippen molar-refractivity contribution in [1.82, 2.24) is 20.2 Å². The third-order valence-electron chi connectivity index (χ3n) is 7.22. The van der Waals surface area contributed by atoms with Gasteiger partial charge in [0.05, 0.1) is 37.7 Å². The van der Waals surface area contributed by atoms with E-state index in [0.717, 1.165) is 98.7 Å². The third kappa shape index (κ3) is 16.6. The van der Waals surface area contributed by atoms with Gasteiger partial charge < -0.3 is 24.6 Å². The minimum absolute atomic E-state index is 0.0807. The quantitative estimate of drug-likeness (QED) is 0.112. The van der Waals surface area contributed by atoms with Crippen LogP contribution < -0.4 is 14.8 Å². The molecule has 4 aromatic rings. The first-order chi connectivity index (χ1) is 24.3. The maximum absolute atomic E-state index is 11.4. The number of nitrogens with zero attached hydrogens (tertiary/aromatic N) is 3. The summed E-state index contributed by atoms with van der Waals surface area (Å²) in [4.78, 5) is 20.1. The van der Waals surface area contributed by atoms with Crippen molar-refractivity contribution in [3.63, 3.8) is 0 Å². The summed E-state index contributed by atoms with van der Waals surface area (Å²) >= 11 is 0. The largest absolute Gasteiger partial charge is 0.497 e. The van der Waals surface area contributed by atoms with Gasteiger partial charge in [0.2, 0.25) is 5.91 Å². The van der Waals surface area contributed by atoms with E-state index in [0.29, 0.717) is 12.2 Å². The standard InChI is InChI=1S/C11H18N2O2.C11H13NO2.C10H12N2.C6H14O.C2H6/c1-4-5-9-11(15-3)8(2)12-10(13-9)6-7-14;1-14-10-6-4-9(5-7-10)12-11(13)8-2-3-8;1-2-5-9-8-6-3-4-7-10(8)12-11-9;1-3-5-7-6-4-2;1-2/h14H,4-7H2,1-3H3;4-8H,2-3H2,1H3,(H,12,13);3-4,6-7H,2,5H2,1H3,(H,11,12);3-6H2,1-2H3;1-2H3. The molecule has 278 valence electrons. The highest BCUT2D eigenvalue weighted by Gasteiger charge is 2.29. The first-order valence-electron chi connectivity index (χ1n) is 18.3. The number of fused-ring (bicyclic) bond motifs is 1. The van der Waals surface area contributed by atoms with E-state index in [1.807, 2.05) is 57.2 Å². The molecular formula is C40H63N5O5. The molecule has 2 aromatic heterocycles. The predicted octanol–water partition coefficient (Wildman–Crippen LogP) is 8.69. The second-order valence-electron chi connectivity index (χ2n) is 11.5. The number of aromatic amines is 1. The van der Waals surface area contributed by atoms with E-state index < -0.39 is 0 Å². The molecule has 10 nitrogen and oxygen atoms in total. The fourth-order valence-corrected chi connectivity index (χ4v) is 4.68. The summed E-state index contributed by atoms with van der Waals surface area (Å²) in [6.07, 6.45) is 8.98. The van der Waals surface area contributed by atoms with Gasteiger partial charge in [-0.3, -0.25) is 9.89 Å². The molecule has 1 fully saturated rings. The summed E-state index contributed by atoms with van der Waals surface area (Å²) in [5, 5.41) is 20.2. The number of amides is 1. The smallest absolute Gasteiger partial charge is 0.227 e. The van der Waals surface area contributed by atoms with E-state index in [1.54, 1.807) is 14.2 Å². The number of hydrogen-bond acceptors (Lipinski definition) is 8. The van der Waals surface area contributed by atoms with Gasteiger partial charge in [-0.15, -0.1) is 0 Å². The Balaban J connectivity index is 0.000000337. The molecule has 2 aromatic carbocycles. The van der Waals surface area contributed by atoms with Crippen molar-refractivity contribution in [2.75, 3.05) is 39.4 Å². The van der Waals surface area contributed by atoms with Gasteiger partial charge in [0.25, 0.3) is 0 Å². The van der Waals surface area contributed by atoms with Crippen LogP contribution in [0.5, 0.6) is 11.5 Å². The van der Waals surface area contributed by atoms with E-state index in [9.17, 15) is 4.79 Å². The number of rotatable bonds is 14. The summed E-state index contributed by atoms with van der Waals surface area (Å²) < 4.78 is 15.4. The SMILES string of the molecule is CC.CCCOCCC.CCCc1[nH]nc2ccccc12.CCCc1nc(CCO)nc(C)c1OC.COc1ccc(NC(=O)C2CC2)cc1. The van der Waals surface area contributed by atoms with Gasteiger partial charge in [-0.05, 0) is 75.8 Å². The van der Waals surface area contributed by atoms with Crippen molar-refractivity contribution >= 4 is 22.5 Å². The number of aromatic nitrogens is 4. The Labute approximate surface area is 300 Å². The number of benzene rings is 2. The van der Waals surface area contributed by atoms with Crippen LogP contribution in [-0.4, -0.2) is 65.2 Å². The van der Waals surface area contributed by atoms with Gasteiger partial charge in [-0.25, -0.2) is 9.97 Å². The summed E-state index contributed by atoms with van der Waals surface area (Å²) in [5.74, 6) is 2.65. The van der Waals surface area contributed by atoms with Crippen LogP contribution in [0.3, 0.4) is 0 Å². The fourth-order valence-electron chi connectivity index (χ4n) is 4.68. The molecule has 2 heterocycles. The minimum Gasteiger partial charge on any atom is -0.497 e. The average molecular weight is 694 g/mol. The molecule has 1 saturated carbocycles. The molecule has 0 aliphatic heterocycles. The highest BCUT2D eigenvalue weighted by Crippen LogP contribution is 2.30. The second kappa shape index (κ2) is 26.8. The average Bonchev–Trinajstić information content (AvgIpc) is 3.92. The van der Waals surface area contributed by atoms with E-state index in [2.05, 4.69) is 65.3 Å². The number of aliphatic hydroxyl groups excluding tert-OH is 1. The number of anilines is 1. The summed E-state index contributed by atoms with van der Waals surface area (Å²) in [6, 6.07) is 15.6. The summed E-state index contributed by atoms with van der Waals surface area (Å²) in [7, 11) is 3.26. The van der Waals surface area contributed by atoms with Crippen molar-refractivity contribution < 1.29 is 24.1 Å². The molecule has 0 bridgehead atoms. The molecular weight excluding hydrogens is 630 g/mol. The van der Waals surface area contributed by atoms with E-state index >= 15 is 0 Å². The molecule has 1 aliphatic carbocycles. The Morgan fingerprint density at radius 1 is 0.860 bits per heavy atom. The molecule has 10 heteroatoms. The molecule has 0 spiro atoms. The molecule has 5 rings (SSSR count). The van der Waals surface area contributed by atoms with Crippen LogP contribution >= 0.6 is 0 Å². The number of ether oxygens (including phenoxy) is 3. The molecule has 0 unspecified atom stereocenters. The Kier molecular flexibility index (Phi) is 23.6. The maximum atomic E-state index is 11.4. The maximum Gasteiger partial charge on any atom is 0.227 e. The lowest BCUT2D eigenvalue weighted by Crippen LogP contribution is -2.12. The first-order valence-corrected chi connectivity index (χ1v) is 18.3. The number of hydrogen-bond donors (Lipinski definition) is 3. The van der Waals surface area contributed by atoms with Crippen LogP contribution in [0, 0.1) is 12.8 Å². The number of nitrogens with one attached hydrogen (secondary N) is 2. The van der Waals surface area contributed by atoms with Crippen LogP contribution in [0.2, 0.25) is 0 Å². The van der Waals surface area contributed by atoms with Gasteiger partial charge >= 0.3 is 0 Å². The highest BCUT2D eigenvalue weighted by molar-refractivity contribution is 5.94. The van der Waals surface area contributed by atoms with E-state index in [4.69, 9.17) is 19.3 Å². The molecule has 1 aliphatic rings. The van der Waals surface area contributed by atoms with Gasteiger partial charge in [0, 0.05) is 42.3 Å². The van der Waals surface area contributed by atoms with Crippen molar-refractivity contribution in [3.8, 4) is 11.5 Å². The Morgan fingerprint density at radius 3 is 2.04 bits per heavy atom. The minimum atomic E-state index is 0.0807. The predicted molar refractivity (Wildman–Crippen MR) is 205 cm³/mol. The Bertz CT molecular complexity index is 1450. The number of carbonyl (C=O) groups is 1. The Morgan fingerprint density at radius 2 is 1.50 bits per heavy atom. The van der Waals surface area contributed by atoms with Crippen LogP contribution in [-0.2, 0) is 28.8 Å². The zero-order valence-corrected chi connectivity index (χ0v) is 32.1. The number of para-hydroxylation sites is 1. The highest BCUT2D eigenvalue weighted by atomic mass is 16.5. The van der Waals surface area contributed by atoms with Crippen molar-refractivity contribution in [2.24, 2.45) is 5.92 Å². The number of methoxy groups -OCH3 is 2. The Hall–Kier alpha value is -4.02. The van der Waals surface area contributed by atoms with Gasteiger partial charge in [-0.2, -0.15) is 5.10 Å².